The minimum absolute atomic E-state index is 0.170. The summed E-state index contributed by atoms with van der Waals surface area (Å²) in [5.41, 5.74) is 0. The Morgan fingerprint density at radius 2 is 2.16 bits per heavy atom. The molecule has 1 aliphatic heterocycles. The molecule has 2 amide bonds. The van der Waals surface area contributed by atoms with E-state index in [4.69, 9.17) is 0 Å². The molecule has 0 spiro atoms. The van der Waals surface area contributed by atoms with Gasteiger partial charge in [0.1, 0.15) is 6.04 Å². The number of amides is 2. The molecule has 1 N–H and O–H groups in total. The first-order valence-corrected chi connectivity index (χ1v) is 7.01. The second-order valence-electron chi connectivity index (χ2n) is 4.91. The van der Waals surface area contributed by atoms with Crippen LogP contribution in [-0.2, 0) is 4.79 Å². The molecule has 5 heteroatoms. The molecule has 1 fully saturated rings. The maximum atomic E-state index is 12.5. The molecule has 0 aromatic carbocycles. The highest BCUT2D eigenvalue weighted by Gasteiger charge is 2.32. The Hall–Kier alpha value is -1.52. The minimum Gasteiger partial charge on any atom is -0.480 e. The molecule has 1 rings (SSSR count). The van der Waals surface area contributed by atoms with E-state index >= 15 is 0 Å². The third-order valence-electron chi connectivity index (χ3n) is 3.40. The molecule has 0 saturated carbocycles. The SMILES string of the molecule is C=CCN(CCC)C(=O)N1CCCCCC1C(=O)O. The van der Waals surface area contributed by atoms with Crippen molar-refractivity contribution in [1.82, 2.24) is 9.80 Å². The van der Waals surface area contributed by atoms with Gasteiger partial charge in [-0.05, 0) is 19.3 Å². The van der Waals surface area contributed by atoms with Crippen LogP contribution in [0.1, 0.15) is 39.0 Å². The molecule has 1 unspecified atom stereocenters. The van der Waals surface area contributed by atoms with Gasteiger partial charge in [0.15, 0.2) is 0 Å². The second-order valence-corrected chi connectivity index (χ2v) is 4.91. The van der Waals surface area contributed by atoms with Gasteiger partial charge in [-0.2, -0.15) is 0 Å². The van der Waals surface area contributed by atoms with Crippen molar-refractivity contribution < 1.29 is 14.7 Å². The summed E-state index contributed by atoms with van der Waals surface area (Å²) in [5, 5.41) is 9.29. The summed E-state index contributed by atoms with van der Waals surface area (Å²) >= 11 is 0. The van der Waals surface area contributed by atoms with Crippen LogP contribution in [0.2, 0.25) is 0 Å². The average Bonchev–Trinajstić information content (AvgIpc) is 2.63. The Bertz CT molecular complexity index is 331. The number of aliphatic carboxylic acids is 1. The van der Waals surface area contributed by atoms with Crippen LogP contribution in [0, 0.1) is 0 Å². The van der Waals surface area contributed by atoms with Crippen molar-refractivity contribution >= 4 is 12.0 Å². The number of rotatable bonds is 5. The van der Waals surface area contributed by atoms with E-state index in [1.165, 1.54) is 4.90 Å². The first kappa shape index (κ1) is 15.5. The molecule has 108 valence electrons. The summed E-state index contributed by atoms with van der Waals surface area (Å²) in [7, 11) is 0. The molecule has 0 bridgehead atoms. The molecular formula is C14H24N2O3. The van der Waals surface area contributed by atoms with Crippen molar-refractivity contribution in [3.63, 3.8) is 0 Å². The standard InChI is InChI=1S/C14H24N2O3/c1-3-9-15(10-4-2)14(19)16-11-7-5-6-8-12(16)13(17)18/h3,12H,1,4-11H2,2H3,(H,17,18). The summed E-state index contributed by atoms with van der Waals surface area (Å²) < 4.78 is 0. The molecule has 0 aromatic rings. The third-order valence-corrected chi connectivity index (χ3v) is 3.40. The molecule has 0 aliphatic carbocycles. The van der Waals surface area contributed by atoms with E-state index in [2.05, 4.69) is 6.58 Å². The van der Waals surface area contributed by atoms with Crippen LogP contribution in [0.25, 0.3) is 0 Å². The van der Waals surface area contributed by atoms with Crippen LogP contribution in [0.5, 0.6) is 0 Å². The maximum absolute atomic E-state index is 12.5. The van der Waals surface area contributed by atoms with Crippen LogP contribution in [0.3, 0.4) is 0 Å². The Balaban J connectivity index is 2.83. The highest BCUT2D eigenvalue weighted by Crippen LogP contribution is 2.19. The first-order chi connectivity index (χ1) is 9.11. The number of hydrogen-bond donors (Lipinski definition) is 1. The quantitative estimate of drug-likeness (QED) is 0.778. The molecule has 1 atom stereocenters. The van der Waals surface area contributed by atoms with Crippen molar-refractivity contribution in [2.24, 2.45) is 0 Å². The zero-order chi connectivity index (χ0) is 14.3. The summed E-state index contributed by atoms with van der Waals surface area (Å²) in [4.78, 5) is 27.0. The number of likely N-dealkylation sites (tertiary alicyclic amines) is 1. The molecule has 5 nitrogen and oxygen atoms in total. The Kier molecular flexibility index (Phi) is 6.39. The van der Waals surface area contributed by atoms with E-state index in [1.54, 1.807) is 11.0 Å². The number of carboxylic acid groups (broad SMARTS) is 1. The van der Waals surface area contributed by atoms with Gasteiger partial charge in [0.05, 0.1) is 0 Å². The van der Waals surface area contributed by atoms with Gasteiger partial charge in [-0.1, -0.05) is 25.8 Å². The van der Waals surface area contributed by atoms with E-state index in [9.17, 15) is 14.7 Å². The largest absolute Gasteiger partial charge is 0.480 e. The number of nitrogens with zero attached hydrogens (tertiary/aromatic N) is 2. The molecule has 0 aromatic heterocycles. The predicted molar refractivity (Wildman–Crippen MR) is 74.1 cm³/mol. The monoisotopic (exact) mass is 268 g/mol. The Morgan fingerprint density at radius 1 is 1.42 bits per heavy atom. The number of carbonyl (C=O) groups excluding carboxylic acids is 1. The van der Waals surface area contributed by atoms with Gasteiger partial charge in [-0.15, -0.1) is 6.58 Å². The minimum atomic E-state index is -0.898. The average molecular weight is 268 g/mol. The lowest BCUT2D eigenvalue weighted by molar-refractivity contribution is -0.142. The molecule has 1 aliphatic rings. The van der Waals surface area contributed by atoms with Gasteiger partial charge < -0.3 is 14.9 Å². The normalized spacial score (nSPS) is 19.6. The van der Waals surface area contributed by atoms with E-state index in [1.807, 2.05) is 6.92 Å². The summed E-state index contributed by atoms with van der Waals surface area (Å²) in [6.45, 7) is 7.29. The van der Waals surface area contributed by atoms with E-state index in [0.29, 0.717) is 26.1 Å². The number of carbonyl (C=O) groups is 2. The van der Waals surface area contributed by atoms with Gasteiger partial charge in [0.25, 0.3) is 0 Å². The van der Waals surface area contributed by atoms with Gasteiger partial charge >= 0.3 is 12.0 Å². The summed E-state index contributed by atoms with van der Waals surface area (Å²) in [6.07, 6.45) is 5.82. The Labute approximate surface area is 114 Å². The van der Waals surface area contributed by atoms with Crippen LogP contribution >= 0.6 is 0 Å². The van der Waals surface area contributed by atoms with Crippen molar-refractivity contribution in [1.29, 1.82) is 0 Å². The second kappa shape index (κ2) is 7.81. The molecule has 19 heavy (non-hydrogen) atoms. The summed E-state index contributed by atoms with van der Waals surface area (Å²) in [6, 6.07) is -0.852. The van der Waals surface area contributed by atoms with Gasteiger partial charge in [-0.3, -0.25) is 0 Å². The van der Waals surface area contributed by atoms with Gasteiger partial charge in [-0.25, -0.2) is 9.59 Å². The molecule has 1 saturated heterocycles. The lowest BCUT2D eigenvalue weighted by atomic mass is 10.1. The smallest absolute Gasteiger partial charge is 0.326 e. The lowest BCUT2D eigenvalue weighted by Gasteiger charge is -2.32. The van der Waals surface area contributed by atoms with Crippen molar-refractivity contribution in [3.05, 3.63) is 12.7 Å². The maximum Gasteiger partial charge on any atom is 0.326 e. The number of carboxylic acids is 1. The number of hydrogen-bond acceptors (Lipinski definition) is 2. The van der Waals surface area contributed by atoms with Crippen molar-refractivity contribution in [2.75, 3.05) is 19.6 Å². The van der Waals surface area contributed by atoms with Crippen molar-refractivity contribution in [3.8, 4) is 0 Å². The fourth-order valence-corrected chi connectivity index (χ4v) is 2.47. The fraction of sp³-hybridized carbons (Fsp3) is 0.714. The highest BCUT2D eigenvalue weighted by molar-refractivity contribution is 5.82. The lowest BCUT2D eigenvalue weighted by Crippen LogP contribution is -2.51. The Morgan fingerprint density at radius 3 is 2.74 bits per heavy atom. The van der Waals surface area contributed by atoms with E-state index in [0.717, 1.165) is 25.7 Å². The van der Waals surface area contributed by atoms with Gasteiger partial charge in [0.2, 0.25) is 0 Å². The topological polar surface area (TPSA) is 60.9 Å². The fourth-order valence-electron chi connectivity index (χ4n) is 2.47. The number of urea groups is 1. The van der Waals surface area contributed by atoms with Crippen LogP contribution < -0.4 is 0 Å². The predicted octanol–water partition coefficient (Wildman–Crippen LogP) is 2.33. The van der Waals surface area contributed by atoms with E-state index < -0.39 is 12.0 Å². The summed E-state index contributed by atoms with van der Waals surface area (Å²) in [5.74, 6) is -0.898. The zero-order valence-corrected chi connectivity index (χ0v) is 11.7. The van der Waals surface area contributed by atoms with Crippen LogP contribution in [-0.4, -0.2) is 52.6 Å². The molecule has 0 radical (unpaired) electrons. The van der Waals surface area contributed by atoms with Crippen LogP contribution in [0.4, 0.5) is 4.79 Å². The zero-order valence-electron chi connectivity index (χ0n) is 11.7. The molecular weight excluding hydrogens is 244 g/mol. The molecule has 1 heterocycles. The third kappa shape index (κ3) is 4.26. The van der Waals surface area contributed by atoms with Gasteiger partial charge in [0, 0.05) is 19.6 Å². The van der Waals surface area contributed by atoms with Crippen molar-refractivity contribution in [2.45, 2.75) is 45.1 Å². The van der Waals surface area contributed by atoms with Crippen LogP contribution in [0.15, 0.2) is 12.7 Å². The van der Waals surface area contributed by atoms with E-state index in [-0.39, 0.29) is 6.03 Å². The first-order valence-electron chi connectivity index (χ1n) is 7.01. The highest BCUT2D eigenvalue weighted by atomic mass is 16.4.